The minimum absolute atomic E-state index is 0.329. The van der Waals surface area contributed by atoms with E-state index in [2.05, 4.69) is 69.6 Å². The molecule has 3 rings (SSSR count). The molecule has 0 spiro atoms. The Morgan fingerprint density at radius 1 is 1.14 bits per heavy atom. The number of hydrogen-bond acceptors (Lipinski definition) is 3. The van der Waals surface area contributed by atoms with Gasteiger partial charge in [0.15, 0.2) is 0 Å². The molecular weight excluding hydrogens is 344 g/mol. The van der Waals surface area contributed by atoms with Crippen molar-refractivity contribution < 1.29 is 0 Å². The summed E-state index contributed by atoms with van der Waals surface area (Å²) < 4.78 is 2.43. The number of benzene rings is 2. The van der Waals surface area contributed by atoms with E-state index in [-0.39, 0.29) is 0 Å². The molecule has 0 radical (unpaired) electrons. The molecule has 1 aromatic heterocycles. The number of hydrogen-bond donors (Lipinski definition) is 1. The Kier molecular flexibility index (Phi) is 4.68. The highest BCUT2D eigenvalue weighted by molar-refractivity contribution is 9.10. The number of fused-ring (bicyclic) bond motifs is 1. The molecule has 0 aliphatic rings. The van der Waals surface area contributed by atoms with Crippen molar-refractivity contribution >= 4 is 37.5 Å². The number of nitrogens with one attached hydrogen (secondary N) is 1. The summed E-state index contributed by atoms with van der Waals surface area (Å²) in [5.41, 5.74) is 2.40. The van der Waals surface area contributed by atoms with E-state index in [0.29, 0.717) is 6.04 Å². The van der Waals surface area contributed by atoms with Gasteiger partial charge in [-0.05, 0) is 30.7 Å². The van der Waals surface area contributed by atoms with Crippen molar-refractivity contribution in [2.24, 2.45) is 0 Å². The summed E-state index contributed by atoms with van der Waals surface area (Å²) in [6.45, 7) is 3.13. The molecule has 2 aromatic carbocycles. The number of halogens is 1. The van der Waals surface area contributed by atoms with Crippen LogP contribution in [0.2, 0.25) is 0 Å². The van der Waals surface area contributed by atoms with Gasteiger partial charge in [-0.2, -0.15) is 0 Å². The van der Waals surface area contributed by atoms with E-state index in [1.807, 2.05) is 12.1 Å². The second-order valence-electron chi connectivity index (χ2n) is 5.02. The van der Waals surface area contributed by atoms with Gasteiger partial charge in [-0.3, -0.25) is 0 Å². The van der Waals surface area contributed by atoms with Gasteiger partial charge >= 0.3 is 0 Å². The van der Waals surface area contributed by atoms with E-state index >= 15 is 0 Å². The molecule has 2 nitrogen and oxygen atoms in total. The third-order valence-corrected chi connectivity index (χ3v) is 5.32. The van der Waals surface area contributed by atoms with E-state index in [4.69, 9.17) is 0 Å². The Morgan fingerprint density at radius 2 is 1.90 bits per heavy atom. The van der Waals surface area contributed by atoms with Crippen LogP contribution in [0, 0.1) is 0 Å². The van der Waals surface area contributed by atoms with Crippen LogP contribution in [0.4, 0.5) is 0 Å². The average Bonchev–Trinajstić information content (AvgIpc) is 2.90. The Labute approximate surface area is 137 Å². The molecule has 0 aliphatic carbocycles. The van der Waals surface area contributed by atoms with Crippen LogP contribution in [0.15, 0.2) is 53.0 Å². The molecule has 1 atom stereocenters. The van der Waals surface area contributed by atoms with Crippen molar-refractivity contribution in [2.45, 2.75) is 19.4 Å². The lowest BCUT2D eigenvalue weighted by Crippen LogP contribution is -2.21. The van der Waals surface area contributed by atoms with Crippen LogP contribution in [0.3, 0.4) is 0 Å². The first kappa shape index (κ1) is 14.7. The second kappa shape index (κ2) is 6.69. The number of nitrogens with zero attached hydrogens (tertiary/aromatic N) is 1. The molecule has 108 valence electrons. The minimum atomic E-state index is 0.329. The summed E-state index contributed by atoms with van der Waals surface area (Å²) in [6, 6.07) is 17.0. The van der Waals surface area contributed by atoms with Crippen LogP contribution in [0.1, 0.15) is 23.5 Å². The van der Waals surface area contributed by atoms with Crippen LogP contribution in [-0.4, -0.2) is 11.5 Å². The maximum Gasteiger partial charge on any atom is 0.0951 e. The van der Waals surface area contributed by atoms with Crippen molar-refractivity contribution in [1.82, 2.24) is 10.3 Å². The van der Waals surface area contributed by atoms with E-state index in [1.54, 1.807) is 11.3 Å². The highest BCUT2D eigenvalue weighted by atomic mass is 79.9. The van der Waals surface area contributed by atoms with Gasteiger partial charge in [0.25, 0.3) is 0 Å². The van der Waals surface area contributed by atoms with Crippen LogP contribution in [0.25, 0.3) is 10.2 Å². The van der Waals surface area contributed by atoms with Gasteiger partial charge in [0.1, 0.15) is 0 Å². The van der Waals surface area contributed by atoms with Crippen LogP contribution >= 0.6 is 27.3 Å². The van der Waals surface area contributed by atoms with Gasteiger partial charge in [-0.25, -0.2) is 4.98 Å². The van der Waals surface area contributed by atoms with Gasteiger partial charge in [0.05, 0.1) is 15.2 Å². The fraction of sp³-hybridized carbons (Fsp3) is 0.235. The molecule has 21 heavy (non-hydrogen) atoms. The minimum Gasteiger partial charge on any atom is -0.310 e. The smallest absolute Gasteiger partial charge is 0.0951 e. The summed E-state index contributed by atoms with van der Waals surface area (Å²) in [7, 11) is 0. The topological polar surface area (TPSA) is 24.9 Å². The molecule has 0 saturated carbocycles. The summed E-state index contributed by atoms with van der Waals surface area (Å²) in [6.07, 6.45) is 0.966. The number of aromatic nitrogens is 1. The summed E-state index contributed by atoms with van der Waals surface area (Å²) >= 11 is 5.39. The average molecular weight is 361 g/mol. The van der Waals surface area contributed by atoms with Crippen molar-refractivity contribution in [2.75, 3.05) is 6.54 Å². The van der Waals surface area contributed by atoms with Crippen LogP contribution in [0.5, 0.6) is 0 Å². The lowest BCUT2D eigenvalue weighted by Gasteiger charge is -2.15. The Bertz CT molecular complexity index is 705. The fourth-order valence-electron chi connectivity index (χ4n) is 2.36. The molecule has 0 fully saturated rings. The Hall–Kier alpha value is -1.23. The fourth-order valence-corrected chi connectivity index (χ4v) is 3.95. The second-order valence-corrected chi connectivity index (χ2v) is 6.99. The van der Waals surface area contributed by atoms with Gasteiger partial charge in [-0.15, -0.1) is 11.3 Å². The van der Waals surface area contributed by atoms with Crippen molar-refractivity contribution in [3.63, 3.8) is 0 Å². The predicted octanol–water partition coefficient (Wildman–Crippen LogP) is 4.95. The van der Waals surface area contributed by atoms with Gasteiger partial charge in [0, 0.05) is 23.5 Å². The quantitative estimate of drug-likeness (QED) is 0.695. The molecule has 4 heteroatoms. The number of rotatable bonds is 5. The molecule has 3 aromatic rings. The van der Waals surface area contributed by atoms with Gasteiger partial charge < -0.3 is 5.32 Å². The third-order valence-electron chi connectivity index (χ3n) is 3.50. The summed E-state index contributed by atoms with van der Waals surface area (Å²) in [4.78, 5) is 4.67. The molecule has 0 bridgehead atoms. The molecular formula is C17H17BrN2S. The molecule has 0 amide bonds. The normalized spacial score (nSPS) is 12.7. The third kappa shape index (κ3) is 3.51. The first-order valence-corrected chi connectivity index (χ1v) is 8.67. The molecule has 1 N–H and O–H groups in total. The van der Waals surface area contributed by atoms with E-state index in [0.717, 1.165) is 23.0 Å². The molecule has 0 aliphatic heterocycles. The molecule has 1 unspecified atom stereocenters. The number of thiazole rings is 1. The standard InChI is InChI=1S/C17H17BrN2S/c1-12(13-6-2-3-7-14(13)18)19-11-10-17-20-15-8-4-5-9-16(15)21-17/h2-9,12,19H,10-11H2,1H3. The van der Waals surface area contributed by atoms with E-state index in [1.165, 1.54) is 15.3 Å². The summed E-state index contributed by atoms with van der Waals surface area (Å²) in [5.74, 6) is 0. The Morgan fingerprint density at radius 3 is 2.71 bits per heavy atom. The van der Waals surface area contributed by atoms with E-state index in [9.17, 15) is 0 Å². The lowest BCUT2D eigenvalue weighted by atomic mass is 10.1. The zero-order valence-corrected chi connectivity index (χ0v) is 14.2. The molecule has 1 heterocycles. The highest BCUT2D eigenvalue weighted by Crippen LogP contribution is 2.24. The van der Waals surface area contributed by atoms with Crippen molar-refractivity contribution in [1.29, 1.82) is 0 Å². The monoisotopic (exact) mass is 360 g/mol. The maximum atomic E-state index is 4.67. The SMILES string of the molecule is CC(NCCc1nc2ccccc2s1)c1ccccc1Br. The maximum absolute atomic E-state index is 4.67. The summed E-state index contributed by atoms with van der Waals surface area (Å²) in [5, 5.41) is 4.77. The first-order valence-electron chi connectivity index (χ1n) is 7.06. The van der Waals surface area contributed by atoms with Crippen molar-refractivity contribution in [3.05, 3.63) is 63.6 Å². The number of para-hydroxylation sites is 1. The van der Waals surface area contributed by atoms with E-state index < -0.39 is 0 Å². The lowest BCUT2D eigenvalue weighted by molar-refractivity contribution is 0.574. The Balaban J connectivity index is 1.59. The van der Waals surface area contributed by atoms with Crippen molar-refractivity contribution in [3.8, 4) is 0 Å². The predicted molar refractivity (Wildman–Crippen MR) is 93.9 cm³/mol. The first-order chi connectivity index (χ1) is 10.2. The van der Waals surface area contributed by atoms with Crippen LogP contribution in [-0.2, 0) is 6.42 Å². The largest absolute Gasteiger partial charge is 0.310 e. The van der Waals surface area contributed by atoms with Crippen LogP contribution < -0.4 is 5.32 Å². The van der Waals surface area contributed by atoms with Gasteiger partial charge in [0.2, 0.25) is 0 Å². The molecule has 0 saturated heterocycles. The highest BCUT2D eigenvalue weighted by Gasteiger charge is 2.08. The zero-order valence-electron chi connectivity index (χ0n) is 11.8. The van der Waals surface area contributed by atoms with Gasteiger partial charge in [-0.1, -0.05) is 46.3 Å². The zero-order chi connectivity index (χ0) is 14.7.